The van der Waals surface area contributed by atoms with Crippen LogP contribution in [0.3, 0.4) is 0 Å². The maximum absolute atomic E-state index is 14.8. The maximum Gasteiger partial charge on any atom is 0.330 e. The van der Waals surface area contributed by atoms with Crippen molar-refractivity contribution < 1.29 is 17.9 Å². The molecule has 1 aromatic carbocycles. The number of tetrazole rings is 1. The summed E-state index contributed by atoms with van der Waals surface area (Å²) in [6.07, 6.45) is 1.52. The molecule has 0 aliphatic carbocycles. The lowest BCUT2D eigenvalue weighted by Crippen LogP contribution is -2.47. The van der Waals surface area contributed by atoms with Gasteiger partial charge in [0.1, 0.15) is 17.9 Å². The summed E-state index contributed by atoms with van der Waals surface area (Å²) < 4.78 is 44.4. The number of hydrogen-bond donors (Lipinski definition) is 2. The fraction of sp³-hybridized carbons (Fsp3) is 0.320. The second-order valence-corrected chi connectivity index (χ2v) is 9.98. The van der Waals surface area contributed by atoms with E-state index < -0.39 is 11.6 Å². The van der Waals surface area contributed by atoms with Gasteiger partial charge in [0, 0.05) is 58.4 Å². The Morgan fingerprint density at radius 3 is 2.67 bits per heavy atom. The fourth-order valence-corrected chi connectivity index (χ4v) is 5.21. The van der Waals surface area contributed by atoms with Gasteiger partial charge < -0.3 is 19.8 Å². The van der Waals surface area contributed by atoms with Crippen LogP contribution in [0.1, 0.15) is 5.82 Å². The van der Waals surface area contributed by atoms with Gasteiger partial charge in [-0.25, -0.2) is 23.7 Å². The van der Waals surface area contributed by atoms with Crippen molar-refractivity contribution in [2.75, 3.05) is 43.4 Å². The summed E-state index contributed by atoms with van der Waals surface area (Å²) in [6.45, 7) is 2.94. The van der Waals surface area contributed by atoms with E-state index in [1.807, 2.05) is 4.90 Å². The van der Waals surface area contributed by atoms with E-state index in [0.717, 1.165) is 6.07 Å². The Labute approximate surface area is 240 Å². The molecule has 0 unspecified atom stereocenters. The number of nitrogen functional groups attached to an aromatic ring is 1. The Morgan fingerprint density at radius 1 is 1.09 bits per heavy atom. The third-order valence-electron chi connectivity index (χ3n) is 7.43. The summed E-state index contributed by atoms with van der Waals surface area (Å²) in [5.41, 5.74) is 7.47. The van der Waals surface area contributed by atoms with Gasteiger partial charge in [0.2, 0.25) is 11.8 Å². The average molecular weight is 594 g/mol. The molecular weight excluding hydrogens is 568 g/mol. The van der Waals surface area contributed by atoms with Crippen LogP contribution in [0.5, 0.6) is 5.75 Å². The molecule has 0 spiro atoms. The molecule has 43 heavy (non-hydrogen) atoms. The van der Waals surface area contributed by atoms with E-state index in [9.17, 15) is 13.6 Å². The quantitative estimate of drug-likeness (QED) is 0.254. The highest BCUT2D eigenvalue weighted by molar-refractivity contribution is 5.88. The van der Waals surface area contributed by atoms with E-state index in [0.29, 0.717) is 73.5 Å². The number of nitrogens with zero attached hydrogens (tertiary/aromatic N) is 11. The smallest absolute Gasteiger partial charge is 0.330 e. The van der Waals surface area contributed by atoms with Gasteiger partial charge in [0.15, 0.2) is 34.4 Å². The number of anilines is 2. The number of piperazine rings is 1. The molecule has 6 aromatic rings. The molecule has 6 heterocycles. The minimum atomic E-state index is -0.817. The van der Waals surface area contributed by atoms with Crippen molar-refractivity contribution in [3.63, 3.8) is 0 Å². The van der Waals surface area contributed by atoms with Gasteiger partial charge in [-0.15, -0.1) is 10.2 Å². The van der Waals surface area contributed by atoms with Crippen LogP contribution in [0.15, 0.2) is 39.7 Å². The van der Waals surface area contributed by atoms with Crippen LogP contribution in [0.4, 0.5) is 20.4 Å². The highest BCUT2D eigenvalue weighted by Gasteiger charge is 2.24. The van der Waals surface area contributed by atoms with E-state index >= 15 is 0 Å². The first-order valence-corrected chi connectivity index (χ1v) is 13.3. The molecule has 0 bridgehead atoms. The summed E-state index contributed by atoms with van der Waals surface area (Å²) in [5.74, 6) is -0.409. The number of imidazole rings is 1. The first kappa shape index (κ1) is 26.5. The number of aryl methyl sites for hydroxylation is 1. The van der Waals surface area contributed by atoms with Crippen LogP contribution in [0, 0.1) is 11.6 Å². The number of rotatable bonds is 8. The summed E-state index contributed by atoms with van der Waals surface area (Å²) >= 11 is 0. The highest BCUT2D eigenvalue weighted by Crippen LogP contribution is 2.29. The lowest BCUT2D eigenvalue weighted by molar-refractivity contribution is 0.246. The number of H-pyrrole nitrogens is 1. The molecule has 0 amide bonds. The summed E-state index contributed by atoms with van der Waals surface area (Å²) in [4.78, 5) is 26.3. The van der Waals surface area contributed by atoms with Gasteiger partial charge in [-0.05, 0) is 22.6 Å². The molecule has 1 aliphatic rings. The predicted octanol–water partition coefficient (Wildman–Crippen LogP) is 0.812. The zero-order valence-corrected chi connectivity index (χ0v) is 22.8. The third-order valence-corrected chi connectivity index (χ3v) is 7.43. The van der Waals surface area contributed by atoms with Crippen molar-refractivity contribution in [1.82, 2.24) is 54.2 Å². The van der Waals surface area contributed by atoms with Crippen molar-refractivity contribution in [2.45, 2.75) is 13.2 Å². The predicted molar refractivity (Wildman–Crippen MR) is 147 cm³/mol. The van der Waals surface area contributed by atoms with Crippen molar-refractivity contribution >= 4 is 28.4 Å². The number of fused-ring (bicyclic) bond motifs is 3. The zero-order valence-electron chi connectivity index (χ0n) is 22.8. The van der Waals surface area contributed by atoms with Crippen molar-refractivity contribution in [3.8, 4) is 17.3 Å². The fourth-order valence-electron chi connectivity index (χ4n) is 5.21. The normalized spacial score (nSPS) is 14.3. The maximum atomic E-state index is 14.8. The molecule has 1 saturated heterocycles. The average Bonchev–Trinajstić information content (AvgIpc) is 3.81. The van der Waals surface area contributed by atoms with Gasteiger partial charge in [0.05, 0.1) is 12.0 Å². The molecule has 222 valence electrons. The molecule has 0 saturated carbocycles. The van der Waals surface area contributed by atoms with E-state index in [1.54, 1.807) is 23.7 Å². The topological polar surface area (TPSA) is 179 Å². The molecule has 1 aliphatic heterocycles. The molecule has 7 rings (SSSR count). The largest absolute Gasteiger partial charge is 0.482 e. The molecule has 1 fully saturated rings. The minimum absolute atomic E-state index is 0.0861. The third kappa shape index (κ3) is 4.70. The van der Waals surface area contributed by atoms with Gasteiger partial charge in [0.25, 0.3) is 0 Å². The number of benzene rings is 1. The Kier molecular flexibility index (Phi) is 6.45. The molecule has 5 aromatic heterocycles. The summed E-state index contributed by atoms with van der Waals surface area (Å²) in [5, 5.41) is 17.5. The highest BCUT2D eigenvalue weighted by atomic mass is 19.1. The molecule has 18 heteroatoms. The second kappa shape index (κ2) is 10.5. The lowest BCUT2D eigenvalue weighted by Gasteiger charge is -2.36. The van der Waals surface area contributed by atoms with E-state index in [2.05, 4.69) is 40.6 Å². The SMILES string of the molecule is Cn1c(=O)n(CCN2CCN(c3cc(OCc4nnn[nH]4)c(F)cc3F)CC2)c2nc(N)n3nc(-c4ccco4)nc3c21. The van der Waals surface area contributed by atoms with Gasteiger partial charge in [-0.2, -0.15) is 9.50 Å². The van der Waals surface area contributed by atoms with E-state index in [1.165, 1.54) is 21.4 Å². The lowest BCUT2D eigenvalue weighted by atomic mass is 10.2. The standard InChI is InChI=1S/C25H25F2N13O3/c1-36-20-22(30-24(28)40-23(20)29-21(33-40)17-3-2-10-42-17)39(25(36)41)9-6-37-4-7-38(8-5-37)16-12-18(15(27)11-14(16)26)43-13-19-31-34-35-32-19/h2-3,10-12H,4-9,13H2,1H3,(H2,28,30)(H,31,32,34,35). The Hall–Kier alpha value is -5.39. The van der Waals surface area contributed by atoms with Crippen molar-refractivity contribution in [3.05, 3.63) is 58.5 Å². The van der Waals surface area contributed by atoms with Crippen molar-refractivity contribution in [1.29, 1.82) is 0 Å². The first-order valence-electron chi connectivity index (χ1n) is 13.3. The minimum Gasteiger partial charge on any atom is -0.482 e. The first-order chi connectivity index (χ1) is 20.9. The number of nitrogens with one attached hydrogen (secondary N) is 1. The number of ether oxygens (including phenoxy) is 1. The van der Waals surface area contributed by atoms with Crippen LogP contribution in [0.2, 0.25) is 0 Å². The second-order valence-electron chi connectivity index (χ2n) is 9.98. The summed E-state index contributed by atoms with van der Waals surface area (Å²) in [6, 6.07) is 5.62. The van der Waals surface area contributed by atoms with Crippen molar-refractivity contribution in [2.24, 2.45) is 7.05 Å². The van der Waals surface area contributed by atoms with E-state index in [-0.39, 0.29) is 29.7 Å². The van der Waals surface area contributed by atoms with Gasteiger partial charge in [-0.3, -0.25) is 14.0 Å². The van der Waals surface area contributed by atoms with Crippen LogP contribution in [-0.2, 0) is 20.2 Å². The number of aromatic nitrogens is 10. The Balaban J connectivity index is 1.06. The molecule has 3 N–H and O–H groups in total. The Bertz CT molecular complexity index is 1970. The van der Waals surface area contributed by atoms with Crippen LogP contribution >= 0.6 is 0 Å². The Morgan fingerprint density at radius 2 is 1.93 bits per heavy atom. The van der Waals surface area contributed by atoms with Crippen LogP contribution < -0.4 is 21.1 Å². The molecular formula is C25H25F2N13O3. The number of nitrogens with two attached hydrogens (primary N) is 1. The number of furan rings is 1. The monoisotopic (exact) mass is 593 g/mol. The van der Waals surface area contributed by atoms with Gasteiger partial charge in [-0.1, -0.05) is 0 Å². The zero-order chi connectivity index (χ0) is 29.7. The molecule has 0 radical (unpaired) electrons. The van der Waals surface area contributed by atoms with E-state index in [4.69, 9.17) is 14.9 Å². The van der Waals surface area contributed by atoms with Crippen LogP contribution in [-0.4, -0.2) is 87.0 Å². The van der Waals surface area contributed by atoms with Crippen LogP contribution in [0.25, 0.3) is 28.4 Å². The molecule has 0 atom stereocenters. The summed E-state index contributed by atoms with van der Waals surface area (Å²) in [7, 11) is 1.65. The molecule has 16 nitrogen and oxygen atoms in total. The number of hydrogen-bond acceptors (Lipinski definition) is 12. The van der Waals surface area contributed by atoms with Gasteiger partial charge >= 0.3 is 5.69 Å². The number of halogens is 2. The number of aromatic amines is 1.